The molecule has 1 N–H and O–H groups in total. The normalized spacial score (nSPS) is 23.5. The molecular weight excluding hydrogens is 380 g/mol. The van der Waals surface area contributed by atoms with Crippen molar-refractivity contribution in [3.8, 4) is 5.75 Å². The van der Waals surface area contributed by atoms with Crippen molar-refractivity contribution in [1.29, 1.82) is 0 Å². The SMILES string of the molecule is CCOc1ccc(C2=C(N3CCCC(CO)C3)C(=O)N(C3CCCCC3)C2=O)cc1. The second-order valence-corrected chi connectivity index (χ2v) is 8.59. The van der Waals surface area contributed by atoms with Gasteiger partial charge in [-0.3, -0.25) is 14.5 Å². The van der Waals surface area contributed by atoms with Gasteiger partial charge in [-0.25, -0.2) is 0 Å². The highest BCUT2D eigenvalue weighted by molar-refractivity contribution is 6.35. The first-order valence-corrected chi connectivity index (χ1v) is 11.3. The number of hydrogen-bond acceptors (Lipinski definition) is 5. The molecule has 1 unspecified atom stereocenters. The lowest BCUT2D eigenvalue weighted by Crippen LogP contribution is -2.45. The van der Waals surface area contributed by atoms with E-state index in [0.29, 0.717) is 24.4 Å². The van der Waals surface area contributed by atoms with Crippen LogP contribution in [0.25, 0.3) is 5.57 Å². The summed E-state index contributed by atoms with van der Waals surface area (Å²) in [6.45, 7) is 3.98. The van der Waals surface area contributed by atoms with E-state index in [9.17, 15) is 14.7 Å². The molecule has 1 saturated carbocycles. The second-order valence-electron chi connectivity index (χ2n) is 8.59. The Labute approximate surface area is 178 Å². The molecule has 1 aromatic carbocycles. The molecule has 1 saturated heterocycles. The molecule has 0 aromatic heterocycles. The number of aliphatic hydroxyl groups is 1. The van der Waals surface area contributed by atoms with Crippen molar-refractivity contribution in [2.75, 3.05) is 26.3 Å². The number of carbonyl (C=O) groups is 2. The number of ether oxygens (including phenoxy) is 1. The minimum atomic E-state index is -0.169. The molecule has 1 aliphatic carbocycles. The van der Waals surface area contributed by atoms with E-state index in [2.05, 4.69) is 0 Å². The Hall–Kier alpha value is -2.34. The smallest absolute Gasteiger partial charge is 0.278 e. The minimum absolute atomic E-state index is 0.00706. The number of likely N-dealkylation sites (tertiary alicyclic amines) is 1. The van der Waals surface area contributed by atoms with E-state index >= 15 is 0 Å². The number of piperidine rings is 1. The van der Waals surface area contributed by atoms with Gasteiger partial charge in [0.25, 0.3) is 11.8 Å². The van der Waals surface area contributed by atoms with Gasteiger partial charge in [-0.1, -0.05) is 31.4 Å². The fourth-order valence-electron chi connectivity index (χ4n) is 5.06. The van der Waals surface area contributed by atoms with Crippen molar-refractivity contribution in [3.05, 3.63) is 35.5 Å². The van der Waals surface area contributed by atoms with Crippen molar-refractivity contribution < 1.29 is 19.4 Å². The zero-order valence-corrected chi connectivity index (χ0v) is 17.8. The Morgan fingerprint density at radius 1 is 1.00 bits per heavy atom. The number of benzene rings is 1. The van der Waals surface area contributed by atoms with Crippen LogP contribution in [0.2, 0.25) is 0 Å². The molecule has 162 valence electrons. The third-order valence-corrected chi connectivity index (χ3v) is 6.58. The molecule has 3 aliphatic rings. The number of aliphatic hydroxyl groups excluding tert-OH is 1. The van der Waals surface area contributed by atoms with Crippen LogP contribution >= 0.6 is 0 Å². The summed E-state index contributed by atoms with van der Waals surface area (Å²) in [5.41, 5.74) is 1.79. The zero-order valence-electron chi connectivity index (χ0n) is 17.8. The number of amides is 2. The molecule has 2 fully saturated rings. The first-order chi connectivity index (χ1) is 14.6. The van der Waals surface area contributed by atoms with E-state index in [1.165, 1.54) is 11.3 Å². The van der Waals surface area contributed by atoms with E-state index < -0.39 is 0 Å². The van der Waals surface area contributed by atoms with Gasteiger partial charge in [0, 0.05) is 25.7 Å². The number of hydrogen-bond donors (Lipinski definition) is 1. The van der Waals surface area contributed by atoms with Crippen LogP contribution in [0.15, 0.2) is 30.0 Å². The molecule has 0 radical (unpaired) electrons. The lowest BCUT2D eigenvalue weighted by atomic mass is 9.94. The Kier molecular flexibility index (Phi) is 6.42. The van der Waals surface area contributed by atoms with Crippen LogP contribution in [0.3, 0.4) is 0 Å². The average molecular weight is 413 g/mol. The molecule has 0 bridgehead atoms. The summed E-state index contributed by atoms with van der Waals surface area (Å²) in [4.78, 5) is 30.7. The van der Waals surface area contributed by atoms with Crippen molar-refractivity contribution >= 4 is 17.4 Å². The second kappa shape index (κ2) is 9.21. The van der Waals surface area contributed by atoms with Crippen LogP contribution in [-0.4, -0.2) is 59.1 Å². The summed E-state index contributed by atoms with van der Waals surface area (Å²) in [6, 6.07) is 7.47. The molecular formula is C24H32N2O4. The van der Waals surface area contributed by atoms with Crippen LogP contribution < -0.4 is 4.74 Å². The predicted molar refractivity (Wildman–Crippen MR) is 115 cm³/mol. The maximum atomic E-state index is 13.6. The molecule has 2 aliphatic heterocycles. The Balaban J connectivity index is 1.71. The molecule has 2 amide bonds. The quantitative estimate of drug-likeness (QED) is 0.727. The maximum absolute atomic E-state index is 13.6. The molecule has 6 nitrogen and oxygen atoms in total. The minimum Gasteiger partial charge on any atom is -0.494 e. The number of carbonyl (C=O) groups excluding carboxylic acids is 2. The first-order valence-electron chi connectivity index (χ1n) is 11.3. The van der Waals surface area contributed by atoms with Gasteiger partial charge in [-0.05, 0) is 56.2 Å². The molecule has 1 aromatic rings. The predicted octanol–water partition coefficient (Wildman–Crippen LogP) is 3.20. The highest BCUT2D eigenvalue weighted by atomic mass is 16.5. The summed E-state index contributed by atoms with van der Waals surface area (Å²) >= 11 is 0. The van der Waals surface area contributed by atoms with E-state index in [-0.39, 0.29) is 30.4 Å². The Morgan fingerprint density at radius 2 is 1.73 bits per heavy atom. The van der Waals surface area contributed by atoms with Gasteiger partial charge in [-0.2, -0.15) is 0 Å². The summed E-state index contributed by atoms with van der Waals surface area (Å²) < 4.78 is 5.54. The van der Waals surface area contributed by atoms with E-state index in [0.717, 1.165) is 56.4 Å². The Morgan fingerprint density at radius 3 is 2.40 bits per heavy atom. The lowest BCUT2D eigenvalue weighted by Gasteiger charge is -2.35. The highest BCUT2D eigenvalue weighted by Crippen LogP contribution is 2.37. The third kappa shape index (κ3) is 3.97. The van der Waals surface area contributed by atoms with E-state index in [4.69, 9.17) is 4.74 Å². The average Bonchev–Trinajstić information content (AvgIpc) is 3.05. The van der Waals surface area contributed by atoms with Crippen LogP contribution in [0.5, 0.6) is 5.75 Å². The molecule has 4 rings (SSSR count). The summed E-state index contributed by atoms with van der Waals surface area (Å²) in [5, 5.41) is 9.67. The maximum Gasteiger partial charge on any atom is 0.278 e. The highest BCUT2D eigenvalue weighted by Gasteiger charge is 2.45. The number of rotatable bonds is 6. The van der Waals surface area contributed by atoms with E-state index in [1.54, 1.807) is 0 Å². The van der Waals surface area contributed by atoms with Crippen LogP contribution in [0.1, 0.15) is 57.4 Å². The van der Waals surface area contributed by atoms with Gasteiger partial charge >= 0.3 is 0 Å². The number of imide groups is 1. The summed E-state index contributed by atoms with van der Waals surface area (Å²) in [5.74, 6) is 0.564. The van der Waals surface area contributed by atoms with Crippen LogP contribution in [0, 0.1) is 5.92 Å². The van der Waals surface area contributed by atoms with Gasteiger partial charge in [0.1, 0.15) is 11.4 Å². The van der Waals surface area contributed by atoms with Gasteiger partial charge in [-0.15, -0.1) is 0 Å². The molecule has 0 spiro atoms. The molecule has 6 heteroatoms. The zero-order chi connectivity index (χ0) is 21.1. The summed E-state index contributed by atoms with van der Waals surface area (Å²) in [6.07, 6.45) is 6.94. The molecule has 30 heavy (non-hydrogen) atoms. The van der Waals surface area contributed by atoms with Crippen molar-refractivity contribution in [3.63, 3.8) is 0 Å². The lowest BCUT2D eigenvalue weighted by molar-refractivity contribution is -0.141. The van der Waals surface area contributed by atoms with Crippen LogP contribution in [0.4, 0.5) is 0 Å². The topological polar surface area (TPSA) is 70.1 Å². The van der Waals surface area contributed by atoms with Gasteiger partial charge in [0.15, 0.2) is 0 Å². The third-order valence-electron chi connectivity index (χ3n) is 6.58. The fraction of sp³-hybridized carbons (Fsp3) is 0.583. The first kappa shape index (κ1) is 20.9. The monoisotopic (exact) mass is 412 g/mol. The fourth-order valence-corrected chi connectivity index (χ4v) is 5.06. The van der Waals surface area contributed by atoms with Crippen molar-refractivity contribution in [1.82, 2.24) is 9.80 Å². The van der Waals surface area contributed by atoms with Crippen molar-refractivity contribution in [2.24, 2.45) is 5.92 Å². The van der Waals surface area contributed by atoms with Gasteiger partial charge < -0.3 is 14.7 Å². The largest absolute Gasteiger partial charge is 0.494 e. The van der Waals surface area contributed by atoms with Crippen molar-refractivity contribution in [2.45, 2.75) is 57.9 Å². The number of nitrogens with zero attached hydrogens (tertiary/aromatic N) is 2. The molecule has 2 heterocycles. The summed E-state index contributed by atoms with van der Waals surface area (Å²) in [7, 11) is 0. The van der Waals surface area contributed by atoms with Crippen LogP contribution in [-0.2, 0) is 9.59 Å². The standard InChI is InChI=1S/C24H32N2O4/c1-2-30-20-12-10-18(11-13-20)21-22(25-14-6-7-17(15-25)16-27)24(29)26(23(21)28)19-8-4-3-5-9-19/h10-13,17,19,27H,2-9,14-16H2,1H3. The Bertz CT molecular complexity index is 811. The van der Waals surface area contributed by atoms with E-state index in [1.807, 2.05) is 36.1 Å². The van der Waals surface area contributed by atoms with Gasteiger partial charge in [0.2, 0.25) is 0 Å². The molecule has 1 atom stereocenters. The van der Waals surface area contributed by atoms with Gasteiger partial charge in [0.05, 0.1) is 12.2 Å².